The molecule has 0 bridgehead atoms. The van der Waals surface area contributed by atoms with Gasteiger partial charge in [0.25, 0.3) is 0 Å². The third kappa shape index (κ3) is 10.4. The van der Waals surface area contributed by atoms with Gasteiger partial charge in [-0.25, -0.2) is 0 Å². The van der Waals surface area contributed by atoms with Gasteiger partial charge in [0, 0.05) is 34.6 Å². The predicted octanol–water partition coefficient (Wildman–Crippen LogP) is -0.746. The quantitative estimate of drug-likeness (QED) is 0.189. The molecule has 2 aliphatic rings. The van der Waals surface area contributed by atoms with Crippen LogP contribution in [0.1, 0.15) is 40.2 Å². The van der Waals surface area contributed by atoms with E-state index in [9.17, 15) is 34.2 Å². The van der Waals surface area contributed by atoms with Crippen LogP contribution in [0.25, 0.3) is 0 Å². The van der Waals surface area contributed by atoms with E-state index in [2.05, 4.69) is 5.32 Å². The smallest absolute Gasteiger partial charge is 0.303 e. The molecule has 45 heavy (non-hydrogen) atoms. The van der Waals surface area contributed by atoms with Gasteiger partial charge < -0.3 is 53.4 Å². The van der Waals surface area contributed by atoms with Gasteiger partial charge >= 0.3 is 23.9 Å². The van der Waals surface area contributed by atoms with Crippen LogP contribution < -0.4 is 5.32 Å². The van der Waals surface area contributed by atoms with Gasteiger partial charge in [-0.1, -0.05) is 30.3 Å². The fraction of sp³-hybridized carbons (Fsp3) is 0.621. The number of aliphatic hydroxyl groups excluding tert-OH is 2. The van der Waals surface area contributed by atoms with Crippen LogP contribution in [0.15, 0.2) is 30.3 Å². The second kappa shape index (κ2) is 16.6. The third-order valence-corrected chi connectivity index (χ3v) is 6.70. The number of ether oxygens (including phenoxy) is 8. The highest BCUT2D eigenvalue weighted by atomic mass is 16.7. The number of hydrogen-bond donors (Lipinski definition) is 3. The third-order valence-electron chi connectivity index (χ3n) is 6.70. The number of hydrogen-bond acceptors (Lipinski definition) is 15. The normalized spacial score (nSPS) is 31.3. The van der Waals surface area contributed by atoms with Crippen molar-refractivity contribution in [1.29, 1.82) is 0 Å². The summed E-state index contributed by atoms with van der Waals surface area (Å²) in [7, 11) is 0. The van der Waals surface area contributed by atoms with E-state index in [1.54, 1.807) is 0 Å². The van der Waals surface area contributed by atoms with Crippen LogP contribution in [-0.4, -0.2) is 115 Å². The van der Waals surface area contributed by atoms with Crippen LogP contribution in [0.4, 0.5) is 0 Å². The molecule has 0 aromatic heterocycles. The van der Waals surface area contributed by atoms with E-state index in [0.29, 0.717) is 0 Å². The Morgan fingerprint density at radius 3 is 1.91 bits per heavy atom. The molecule has 10 atom stereocenters. The van der Waals surface area contributed by atoms with E-state index in [1.807, 2.05) is 30.3 Å². The first-order valence-corrected chi connectivity index (χ1v) is 14.1. The van der Waals surface area contributed by atoms with Gasteiger partial charge in [-0.15, -0.1) is 0 Å². The standard InChI is InChI=1S/C29H39NO15/c1-14(31)30-22-25(23(36)20(43-28(22)37)12-38-11-19-9-7-6-8-10-19)45-29-27(42-18(5)35)26(41-17(4)34)24(40-16(3)33)21(44-29)13-39-15(2)32/h6-10,20-29,36-37H,11-13H2,1-5H3,(H,30,31)/t20-,21-,22-,23-,24+,25-,26+,27-,28-,29+/m1/s1. The zero-order valence-electron chi connectivity index (χ0n) is 25.5. The maximum Gasteiger partial charge on any atom is 0.303 e. The highest BCUT2D eigenvalue weighted by molar-refractivity contribution is 5.73. The summed E-state index contributed by atoms with van der Waals surface area (Å²) in [6, 6.07) is 7.76. The van der Waals surface area contributed by atoms with E-state index >= 15 is 0 Å². The summed E-state index contributed by atoms with van der Waals surface area (Å²) in [5, 5.41) is 24.7. The Labute approximate surface area is 259 Å². The lowest BCUT2D eigenvalue weighted by Gasteiger charge is -2.48. The lowest BCUT2D eigenvalue weighted by atomic mass is 9.95. The topological polar surface area (TPSA) is 212 Å². The molecule has 0 saturated carbocycles. The highest BCUT2D eigenvalue weighted by Crippen LogP contribution is 2.33. The molecule has 2 fully saturated rings. The Morgan fingerprint density at radius 1 is 0.733 bits per heavy atom. The average Bonchev–Trinajstić information content (AvgIpc) is 2.94. The van der Waals surface area contributed by atoms with Crippen molar-refractivity contribution in [3.8, 4) is 0 Å². The zero-order valence-corrected chi connectivity index (χ0v) is 25.5. The molecule has 1 aromatic carbocycles. The molecule has 16 nitrogen and oxygen atoms in total. The number of carbonyl (C=O) groups is 5. The minimum absolute atomic E-state index is 0.157. The minimum Gasteiger partial charge on any atom is -0.463 e. The van der Waals surface area contributed by atoms with Crippen LogP contribution in [0.3, 0.4) is 0 Å². The number of aliphatic hydroxyl groups is 2. The molecule has 1 amide bonds. The summed E-state index contributed by atoms with van der Waals surface area (Å²) in [6.07, 6.45) is -13.6. The van der Waals surface area contributed by atoms with Crippen LogP contribution in [0.2, 0.25) is 0 Å². The van der Waals surface area contributed by atoms with E-state index in [4.69, 9.17) is 37.9 Å². The first-order valence-electron chi connectivity index (χ1n) is 14.1. The summed E-state index contributed by atoms with van der Waals surface area (Å²) >= 11 is 0. The van der Waals surface area contributed by atoms with Crippen molar-refractivity contribution in [3.05, 3.63) is 35.9 Å². The summed E-state index contributed by atoms with van der Waals surface area (Å²) in [4.78, 5) is 60.0. The molecule has 1 aromatic rings. The number of nitrogens with one attached hydrogen (secondary N) is 1. The maximum absolute atomic E-state index is 12.2. The highest BCUT2D eigenvalue weighted by Gasteiger charge is 2.55. The Kier molecular flexibility index (Phi) is 13.2. The predicted molar refractivity (Wildman–Crippen MR) is 147 cm³/mol. The van der Waals surface area contributed by atoms with Gasteiger partial charge in [0.2, 0.25) is 5.91 Å². The molecule has 0 spiro atoms. The molecule has 250 valence electrons. The first kappa shape index (κ1) is 35.8. The van der Waals surface area contributed by atoms with Gasteiger partial charge in [0.05, 0.1) is 13.2 Å². The molecule has 16 heteroatoms. The van der Waals surface area contributed by atoms with Crippen molar-refractivity contribution < 1.29 is 72.1 Å². The monoisotopic (exact) mass is 641 g/mol. The Morgan fingerprint density at radius 2 is 1.33 bits per heavy atom. The molecule has 0 aliphatic carbocycles. The van der Waals surface area contributed by atoms with Crippen molar-refractivity contribution in [2.24, 2.45) is 0 Å². The Bertz CT molecular complexity index is 1180. The zero-order chi connectivity index (χ0) is 33.3. The molecule has 2 heterocycles. The molecule has 2 saturated heterocycles. The summed E-state index contributed by atoms with van der Waals surface area (Å²) < 4.78 is 44.6. The SMILES string of the molecule is CC(=O)N[C@@H]1[C@@H](O[C@@H]2O[C@H](COC(C)=O)[C@H](OC(C)=O)[C@H](OC(C)=O)[C@H]2OC(C)=O)[C@H](O)[C@@H](COCc2ccccc2)O[C@H]1O. The van der Waals surface area contributed by atoms with Crippen molar-refractivity contribution in [1.82, 2.24) is 5.32 Å². The fourth-order valence-corrected chi connectivity index (χ4v) is 4.94. The van der Waals surface area contributed by atoms with E-state index in [1.165, 1.54) is 6.92 Å². The lowest BCUT2D eigenvalue weighted by Crippen LogP contribution is -2.68. The summed E-state index contributed by atoms with van der Waals surface area (Å²) in [5.41, 5.74) is 0.838. The largest absolute Gasteiger partial charge is 0.463 e. The molecule has 3 N–H and O–H groups in total. The van der Waals surface area contributed by atoms with Gasteiger partial charge in [-0.3, -0.25) is 24.0 Å². The van der Waals surface area contributed by atoms with Crippen molar-refractivity contribution >= 4 is 29.8 Å². The first-order chi connectivity index (χ1) is 21.3. The number of carbonyl (C=O) groups excluding carboxylic acids is 5. The van der Waals surface area contributed by atoms with E-state index in [0.717, 1.165) is 33.3 Å². The summed E-state index contributed by atoms with van der Waals surface area (Å²) in [5.74, 6) is -3.86. The Balaban J connectivity index is 1.95. The van der Waals surface area contributed by atoms with Crippen molar-refractivity contribution in [2.45, 2.75) is 103 Å². The van der Waals surface area contributed by atoms with Gasteiger partial charge in [-0.2, -0.15) is 0 Å². The number of benzene rings is 1. The minimum atomic E-state index is -1.71. The molecule has 3 rings (SSSR count). The van der Waals surface area contributed by atoms with E-state index in [-0.39, 0.29) is 13.2 Å². The van der Waals surface area contributed by atoms with Crippen molar-refractivity contribution in [2.75, 3.05) is 13.2 Å². The molecular weight excluding hydrogens is 602 g/mol. The number of amides is 1. The summed E-state index contributed by atoms with van der Waals surface area (Å²) in [6.45, 7) is 4.92. The Hall–Kier alpha value is -3.67. The van der Waals surface area contributed by atoms with Crippen LogP contribution >= 0.6 is 0 Å². The maximum atomic E-state index is 12.2. The van der Waals surface area contributed by atoms with Crippen LogP contribution in [0, 0.1) is 0 Å². The van der Waals surface area contributed by atoms with Crippen LogP contribution in [0.5, 0.6) is 0 Å². The molecule has 0 unspecified atom stereocenters. The lowest BCUT2D eigenvalue weighted by molar-refractivity contribution is -0.344. The van der Waals surface area contributed by atoms with E-state index < -0.39 is 97.7 Å². The van der Waals surface area contributed by atoms with Gasteiger partial charge in [0.15, 0.2) is 30.9 Å². The second-order valence-corrected chi connectivity index (χ2v) is 10.5. The fourth-order valence-electron chi connectivity index (χ4n) is 4.94. The average molecular weight is 642 g/mol. The number of esters is 4. The van der Waals surface area contributed by atoms with Crippen molar-refractivity contribution in [3.63, 3.8) is 0 Å². The van der Waals surface area contributed by atoms with Crippen LogP contribution in [-0.2, 0) is 68.5 Å². The van der Waals surface area contributed by atoms with Gasteiger partial charge in [-0.05, 0) is 5.56 Å². The second-order valence-electron chi connectivity index (χ2n) is 10.5. The molecular formula is C29H39NO15. The van der Waals surface area contributed by atoms with Gasteiger partial charge in [0.1, 0.15) is 37.1 Å². The number of rotatable bonds is 12. The molecule has 2 aliphatic heterocycles. The molecule has 0 radical (unpaired) electrons.